The minimum Gasteiger partial charge on any atom is -0.366 e. The number of nitrogens with two attached hydrogens (primary N) is 1. The van der Waals surface area contributed by atoms with Crippen LogP contribution in [0.3, 0.4) is 0 Å². The van der Waals surface area contributed by atoms with Crippen molar-refractivity contribution in [2.24, 2.45) is 5.73 Å². The minimum atomic E-state index is -5.24. The third-order valence-electron chi connectivity index (χ3n) is 0.665. The molecule has 0 aliphatic carbocycles. The molecule has 0 bridgehead atoms. The molecule has 0 aliphatic rings. The van der Waals surface area contributed by atoms with Crippen LogP contribution in [-0.2, 0) is 4.79 Å². The summed E-state index contributed by atoms with van der Waals surface area (Å²) >= 11 is 0.306. The number of primary amides is 1. The Labute approximate surface area is 66.9 Å². The van der Waals surface area contributed by atoms with Crippen molar-refractivity contribution in [1.82, 2.24) is 0 Å². The fourth-order valence-corrected chi connectivity index (χ4v) is 0.140. The number of carbonyl (C=O) groups is 1. The Morgan fingerprint density at radius 3 is 1.60 bits per heavy atom. The molecule has 0 rings (SSSR count). The molecule has 0 radical (unpaired) electrons. The zero-order chi connectivity index (χ0) is 8.58. The van der Waals surface area contributed by atoms with Gasteiger partial charge in [0.15, 0.2) is 0 Å². The average molecular weight is 271 g/mol. The van der Waals surface area contributed by atoms with Gasteiger partial charge in [-0.05, 0) is 22.6 Å². The summed E-state index contributed by atoms with van der Waals surface area (Å²) in [4.78, 5) is 9.79. The quantitative estimate of drug-likeness (QED) is 0.433. The van der Waals surface area contributed by atoms with Crippen molar-refractivity contribution < 1.29 is 22.4 Å². The van der Waals surface area contributed by atoms with Gasteiger partial charge < -0.3 is 5.73 Å². The maximum atomic E-state index is 12.1. The first kappa shape index (κ1) is 9.92. The molecule has 0 aromatic carbocycles. The highest BCUT2D eigenvalue weighted by atomic mass is 127. The molecular weight excluding hydrogens is 269 g/mol. The lowest BCUT2D eigenvalue weighted by atomic mass is 10.4. The number of alkyl halides is 5. The van der Waals surface area contributed by atoms with Crippen molar-refractivity contribution in [1.29, 1.82) is 0 Å². The topological polar surface area (TPSA) is 43.1 Å². The molecule has 2 N–H and O–H groups in total. The summed E-state index contributed by atoms with van der Waals surface area (Å²) in [6.07, 6.45) is -5.24. The molecule has 0 spiro atoms. The van der Waals surface area contributed by atoms with Crippen molar-refractivity contribution in [2.75, 3.05) is 0 Å². The molecule has 7 heteroatoms. The molecule has 60 valence electrons. The Morgan fingerprint density at radius 1 is 1.30 bits per heavy atom. The molecule has 0 aromatic heterocycles. The van der Waals surface area contributed by atoms with Crippen LogP contribution >= 0.6 is 22.6 Å². The second-order valence-electron chi connectivity index (χ2n) is 1.44. The van der Waals surface area contributed by atoms with Crippen LogP contribution in [0.5, 0.6) is 0 Å². The van der Waals surface area contributed by atoms with Gasteiger partial charge in [0.1, 0.15) is 0 Å². The van der Waals surface area contributed by atoms with Gasteiger partial charge in [0.2, 0.25) is 0 Å². The fraction of sp³-hybridized carbons (Fsp3) is 0.667. The van der Waals surface area contributed by atoms with Crippen LogP contribution in [0.15, 0.2) is 0 Å². The van der Waals surface area contributed by atoms with Crippen molar-refractivity contribution in [2.45, 2.75) is 9.85 Å². The maximum Gasteiger partial charge on any atom is 0.441 e. The van der Waals surface area contributed by atoms with Gasteiger partial charge in [0.05, 0.1) is 0 Å². The Hall–Kier alpha value is -0.0800. The molecule has 0 saturated carbocycles. The zero-order valence-corrected chi connectivity index (χ0v) is 6.53. The summed E-state index contributed by atoms with van der Waals surface area (Å²) in [5.74, 6) is -2.04. The SMILES string of the molecule is NC(=O)C(F)(I)C(F)(F)F. The molecule has 0 saturated heterocycles. The van der Waals surface area contributed by atoms with E-state index in [1.54, 1.807) is 0 Å². The summed E-state index contributed by atoms with van der Waals surface area (Å²) in [5, 5.41) is 0. The Bertz CT molecular complexity index is 153. The number of hydrogen-bond donors (Lipinski definition) is 1. The lowest BCUT2D eigenvalue weighted by Gasteiger charge is -2.16. The number of hydrogen-bond acceptors (Lipinski definition) is 1. The van der Waals surface area contributed by atoms with Gasteiger partial charge in [-0.15, -0.1) is 0 Å². The smallest absolute Gasteiger partial charge is 0.366 e. The van der Waals surface area contributed by atoms with Crippen LogP contribution in [0, 0.1) is 0 Å². The second-order valence-corrected chi connectivity index (χ2v) is 2.92. The lowest BCUT2D eigenvalue weighted by molar-refractivity contribution is -0.190. The van der Waals surface area contributed by atoms with E-state index in [0.717, 1.165) is 0 Å². The van der Waals surface area contributed by atoms with Gasteiger partial charge in [-0.1, -0.05) is 0 Å². The van der Waals surface area contributed by atoms with Gasteiger partial charge >= 0.3 is 9.85 Å². The predicted molar refractivity (Wildman–Crippen MR) is 33.1 cm³/mol. The molecule has 0 aliphatic heterocycles. The van der Waals surface area contributed by atoms with Crippen LogP contribution in [0.25, 0.3) is 0 Å². The van der Waals surface area contributed by atoms with E-state index in [-0.39, 0.29) is 0 Å². The number of rotatable bonds is 1. The molecule has 2 nitrogen and oxygen atoms in total. The molecule has 1 unspecified atom stereocenters. The number of carbonyl (C=O) groups excluding carboxylic acids is 1. The summed E-state index contributed by atoms with van der Waals surface area (Å²) in [5.41, 5.74) is 4.11. The van der Waals surface area contributed by atoms with Crippen molar-refractivity contribution >= 4 is 28.5 Å². The van der Waals surface area contributed by atoms with E-state index in [0.29, 0.717) is 22.6 Å². The summed E-state index contributed by atoms with van der Waals surface area (Å²) in [6.45, 7) is 0. The largest absolute Gasteiger partial charge is 0.441 e. The van der Waals surface area contributed by atoms with Gasteiger partial charge in [0.25, 0.3) is 5.91 Å². The summed E-state index contributed by atoms with van der Waals surface area (Å²) in [7, 11) is 0. The van der Waals surface area contributed by atoms with E-state index in [2.05, 4.69) is 5.73 Å². The minimum absolute atomic E-state index is 0.306. The van der Waals surface area contributed by atoms with Crippen LogP contribution in [0.2, 0.25) is 0 Å². The van der Waals surface area contributed by atoms with Crippen molar-refractivity contribution in [3.8, 4) is 0 Å². The lowest BCUT2D eigenvalue weighted by Crippen LogP contribution is -2.46. The Kier molecular flexibility index (Phi) is 2.49. The van der Waals surface area contributed by atoms with Gasteiger partial charge in [-0.25, -0.2) is 4.39 Å². The molecule has 0 aromatic rings. The first-order valence-corrected chi connectivity index (χ1v) is 3.02. The number of amides is 1. The van der Waals surface area contributed by atoms with E-state index >= 15 is 0 Å². The van der Waals surface area contributed by atoms with E-state index in [4.69, 9.17) is 0 Å². The van der Waals surface area contributed by atoms with Crippen LogP contribution in [0.1, 0.15) is 0 Å². The van der Waals surface area contributed by atoms with E-state index in [9.17, 15) is 22.4 Å². The first-order valence-electron chi connectivity index (χ1n) is 1.94. The Balaban J connectivity index is 4.57. The summed E-state index contributed by atoms with van der Waals surface area (Å²) < 4.78 is 42.4. The molecule has 1 atom stereocenters. The highest BCUT2D eigenvalue weighted by Crippen LogP contribution is 2.39. The average Bonchev–Trinajstić information content (AvgIpc) is 1.62. The van der Waals surface area contributed by atoms with Gasteiger partial charge in [-0.2, -0.15) is 13.2 Å². The van der Waals surface area contributed by atoms with Gasteiger partial charge in [0, 0.05) is 0 Å². The van der Waals surface area contributed by atoms with Crippen LogP contribution in [0.4, 0.5) is 17.6 Å². The fourth-order valence-electron chi connectivity index (χ4n) is 0.140. The highest BCUT2D eigenvalue weighted by molar-refractivity contribution is 14.1. The highest BCUT2D eigenvalue weighted by Gasteiger charge is 2.59. The molecule has 10 heavy (non-hydrogen) atoms. The van der Waals surface area contributed by atoms with E-state index < -0.39 is 15.8 Å². The van der Waals surface area contributed by atoms with Crippen LogP contribution in [-0.4, -0.2) is 15.8 Å². The second kappa shape index (κ2) is 2.51. The molecule has 0 heterocycles. The van der Waals surface area contributed by atoms with Crippen molar-refractivity contribution in [3.05, 3.63) is 0 Å². The standard InChI is InChI=1S/C3H2F4INO/c4-2(8,1(9)10)3(5,6)7/h(H2,9,10). The monoisotopic (exact) mass is 271 g/mol. The van der Waals surface area contributed by atoms with Crippen molar-refractivity contribution in [3.63, 3.8) is 0 Å². The third-order valence-corrected chi connectivity index (χ3v) is 1.81. The third kappa shape index (κ3) is 1.70. The normalized spacial score (nSPS) is 18.1. The van der Waals surface area contributed by atoms with E-state index in [1.807, 2.05) is 0 Å². The molecular formula is C3H2F4INO. The molecule has 0 fully saturated rings. The Morgan fingerprint density at radius 2 is 1.60 bits per heavy atom. The maximum absolute atomic E-state index is 12.1. The number of halogens is 5. The van der Waals surface area contributed by atoms with Crippen LogP contribution < -0.4 is 5.73 Å². The first-order chi connectivity index (χ1) is 4.19. The zero-order valence-electron chi connectivity index (χ0n) is 4.38. The molecule has 1 amide bonds. The summed E-state index contributed by atoms with van der Waals surface area (Å²) in [6, 6.07) is 0. The predicted octanol–water partition coefficient (Wildman–Crippen LogP) is 1.13. The van der Waals surface area contributed by atoms with Gasteiger partial charge in [-0.3, -0.25) is 4.79 Å². The van der Waals surface area contributed by atoms with E-state index in [1.165, 1.54) is 0 Å².